The molecule has 0 bridgehead atoms. The van der Waals surface area contributed by atoms with Crippen molar-refractivity contribution in [1.29, 1.82) is 0 Å². The quantitative estimate of drug-likeness (QED) is 0.789. The lowest BCUT2D eigenvalue weighted by atomic mass is 10.3. The van der Waals surface area contributed by atoms with Crippen LogP contribution in [0, 0.1) is 0 Å². The maximum atomic E-state index is 5.92. The van der Waals surface area contributed by atoms with Gasteiger partial charge in [-0.15, -0.1) is 0 Å². The highest BCUT2D eigenvalue weighted by Crippen LogP contribution is 2.32. The molecule has 0 fully saturated rings. The highest BCUT2D eigenvalue weighted by Gasteiger charge is 2.09. The van der Waals surface area contributed by atoms with Crippen molar-refractivity contribution in [3.63, 3.8) is 0 Å². The molecule has 0 aliphatic carbocycles. The van der Waals surface area contributed by atoms with Crippen molar-refractivity contribution in [2.45, 2.75) is 0 Å². The van der Waals surface area contributed by atoms with E-state index >= 15 is 0 Å². The van der Waals surface area contributed by atoms with E-state index in [1.165, 1.54) is 0 Å². The Hall–Kier alpha value is -0.0600. The third-order valence-electron chi connectivity index (χ3n) is 1.56. The molecule has 0 unspecified atom stereocenters. The number of nitrogens with one attached hydrogen (secondary N) is 1. The average molecular weight is 310 g/mol. The first-order chi connectivity index (χ1) is 5.70. The summed E-state index contributed by atoms with van der Waals surface area (Å²) < 4.78 is 1.81. The molecule has 0 saturated carbocycles. The Labute approximate surface area is 90.5 Å². The number of halogens is 3. The molecule has 62 valence electrons. The number of nitrogens with zero attached hydrogens (tertiary/aromatic N) is 1. The van der Waals surface area contributed by atoms with Crippen molar-refractivity contribution in [3.05, 3.63) is 26.2 Å². The molecule has 0 saturated heterocycles. The van der Waals surface area contributed by atoms with E-state index in [2.05, 4.69) is 42.1 Å². The Morgan fingerprint density at radius 1 is 1.33 bits per heavy atom. The second kappa shape index (κ2) is 3.01. The summed E-state index contributed by atoms with van der Waals surface area (Å²) >= 11 is 12.7. The fourth-order valence-electron chi connectivity index (χ4n) is 1.02. The molecule has 0 atom stereocenters. The number of hydrogen-bond donors (Lipinski definition) is 1. The van der Waals surface area contributed by atoms with Crippen molar-refractivity contribution in [2.24, 2.45) is 0 Å². The SMILES string of the molecule is Clc1ccc(Br)c2c(Br)[nH]nc12. The van der Waals surface area contributed by atoms with E-state index in [9.17, 15) is 0 Å². The minimum absolute atomic E-state index is 0.648. The summed E-state index contributed by atoms with van der Waals surface area (Å²) in [6, 6.07) is 3.70. The van der Waals surface area contributed by atoms with Crippen molar-refractivity contribution in [1.82, 2.24) is 10.2 Å². The third kappa shape index (κ3) is 1.18. The van der Waals surface area contributed by atoms with Crippen LogP contribution in [0.5, 0.6) is 0 Å². The summed E-state index contributed by atoms with van der Waals surface area (Å²) in [5.74, 6) is 0. The number of aromatic nitrogens is 2. The molecule has 2 aromatic rings. The zero-order valence-corrected chi connectivity index (χ0v) is 9.66. The van der Waals surface area contributed by atoms with E-state index in [1.54, 1.807) is 6.07 Å². The number of H-pyrrole nitrogens is 1. The summed E-state index contributed by atoms with van der Waals surface area (Å²) in [5, 5.41) is 8.48. The van der Waals surface area contributed by atoms with Gasteiger partial charge in [-0.1, -0.05) is 11.6 Å². The van der Waals surface area contributed by atoms with Crippen LogP contribution in [0.15, 0.2) is 21.2 Å². The number of aromatic amines is 1. The van der Waals surface area contributed by atoms with Crippen LogP contribution in [0.2, 0.25) is 5.02 Å². The normalized spacial score (nSPS) is 10.9. The highest BCUT2D eigenvalue weighted by molar-refractivity contribution is 9.11. The van der Waals surface area contributed by atoms with E-state index in [0.29, 0.717) is 5.02 Å². The molecule has 1 aromatic carbocycles. The lowest BCUT2D eigenvalue weighted by molar-refractivity contribution is 1.10. The van der Waals surface area contributed by atoms with Gasteiger partial charge in [0.15, 0.2) is 0 Å². The zero-order valence-electron chi connectivity index (χ0n) is 5.74. The number of benzene rings is 1. The van der Waals surface area contributed by atoms with Crippen LogP contribution >= 0.6 is 43.5 Å². The van der Waals surface area contributed by atoms with E-state index in [4.69, 9.17) is 11.6 Å². The number of rotatable bonds is 0. The molecule has 0 aliphatic heterocycles. The van der Waals surface area contributed by atoms with Crippen molar-refractivity contribution in [3.8, 4) is 0 Å². The van der Waals surface area contributed by atoms with Crippen LogP contribution in [-0.4, -0.2) is 10.2 Å². The van der Waals surface area contributed by atoms with E-state index in [1.807, 2.05) is 6.07 Å². The fourth-order valence-corrected chi connectivity index (χ4v) is 2.49. The summed E-state index contributed by atoms with van der Waals surface area (Å²) in [7, 11) is 0. The summed E-state index contributed by atoms with van der Waals surface area (Å²) in [6.45, 7) is 0. The molecule has 0 amide bonds. The van der Waals surface area contributed by atoms with Crippen LogP contribution in [0.3, 0.4) is 0 Å². The molecular formula is C7H3Br2ClN2. The maximum Gasteiger partial charge on any atom is 0.113 e. The highest BCUT2D eigenvalue weighted by atomic mass is 79.9. The lowest BCUT2D eigenvalue weighted by Crippen LogP contribution is -1.72. The molecule has 0 spiro atoms. The second-order valence-electron chi connectivity index (χ2n) is 2.29. The van der Waals surface area contributed by atoms with Gasteiger partial charge in [0.1, 0.15) is 10.1 Å². The standard InChI is InChI=1S/C7H3Br2ClN2/c8-3-1-2-4(10)6-5(3)7(9)12-11-6/h1-2H,(H,11,12). The molecule has 12 heavy (non-hydrogen) atoms. The molecule has 1 N–H and O–H groups in total. The Morgan fingerprint density at radius 3 is 2.75 bits per heavy atom. The first-order valence-electron chi connectivity index (χ1n) is 3.17. The minimum atomic E-state index is 0.648. The summed E-state index contributed by atoms with van der Waals surface area (Å²) in [6.07, 6.45) is 0. The number of hydrogen-bond acceptors (Lipinski definition) is 1. The number of fused-ring (bicyclic) bond motifs is 1. The summed E-state index contributed by atoms with van der Waals surface area (Å²) in [4.78, 5) is 0. The van der Waals surface area contributed by atoms with Crippen LogP contribution in [0.1, 0.15) is 0 Å². The van der Waals surface area contributed by atoms with E-state index < -0.39 is 0 Å². The minimum Gasteiger partial charge on any atom is -0.270 e. The molecular weight excluding hydrogens is 307 g/mol. The second-order valence-corrected chi connectivity index (χ2v) is 4.34. The Morgan fingerprint density at radius 2 is 2.08 bits per heavy atom. The molecule has 1 aromatic heterocycles. The molecule has 1 heterocycles. The van der Waals surface area contributed by atoms with Gasteiger partial charge in [0, 0.05) is 9.86 Å². The van der Waals surface area contributed by atoms with Gasteiger partial charge in [-0.25, -0.2) is 0 Å². The first kappa shape index (κ1) is 8.53. The van der Waals surface area contributed by atoms with E-state index in [0.717, 1.165) is 20.0 Å². The molecule has 0 radical (unpaired) electrons. The monoisotopic (exact) mass is 308 g/mol. The molecule has 2 rings (SSSR count). The molecule has 0 aliphatic rings. The lowest BCUT2D eigenvalue weighted by Gasteiger charge is -1.94. The predicted molar refractivity (Wildman–Crippen MR) is 56.5 cm³/mol. The third-order valence-corrected chi connectivity index (χ3v) is 3.10. The van der Waals surface area contributed by atoms with Gasteiger partial charge < -0.3 is 0 Å². The maximum absolute atomic E-state index is 5.92. The van der Waals surface area contributed by atoms with Crippen molar-refractivity contribution >= 4 is 54.4 Å². The van der Waals surface area contributed by atoms with E-state index in [-0.39, 0.29) is 0 Å². The molecule has 2 nitrogen and oxygen atoms in total. The van der Waals surface area contributed by atoms with Gasteiger partial charge in [-0.3, -0.25) is 5.10 Å². The Kier molecular flexibility index (Phi) is 2.14. The van der Waals surface area contributed by atoms with Crippen molar-refractivity contribution in [2.75, 3.05) is 0 Å². The van der Waals surface area contributed by atoms with Gasteiger partial charge in [-0.05, 0) is 44.0 Å². The van der Waals surface area contributed by atoms with Gasteiger partial charge in [-0.2, -0.15) is 5.10 Å². The van der Waals surface area contributed by atoms with Gasteiger partial charge in [0.05, 0.1) is 5.02 Å². The average Bonchev–Trinajstić information content (AvgIpc) is 2.42. The predicted octanol–water partition coefficient (Wildman–Crippen LogP) is 3.74. The van der Waals surface area contributed by atoms with Crippen LogP contribution < -0.4 is 0 Å². The molecule has 5 heteroatoms. The fraction of sp³-hybridized carbons (Fsp3) is 0. The zero-order chi connectivity index (χ0) is 8.72. The Balaban J connectivity index is 2.98. The van der Waals surface area contributed by atoms with Gasteiger partial charge in [0.2, 0.25) is 0 Å². The van der Waals surface area contributed by atoms with Crippen LogP contribution in [-0.2, 0) is 0 Å². The first-order valence-corrected chi connectivity index (χ1v) is 5.14. The smallest absolute Gasteiger partial charge is 0.113 e. The topological polar surface area (TPSA) is 28.7 Å². The van der Waals surface area contributed by atoms with Gasteiger partial charge >= 0.3 is 0 Å². The largest absolute Gasteiger partial charge is 0.270 e. The Bertz CT molecular complexity index is 438. The summed E-state index contributed by atoms with van der Waals surface area (Å²) in [5.41, 5.74) is 0.776. The van der Waals surface area contributed by atoms with Crippen LogP contribution in [0.25, 0.3) is 10.9 Å². The van der Waals surface area contributed by atoms with Crippen molar-refractivity contribution < 1.29 is 0 Å². The van der Waals surface area contributed by atoms with Gasteiger partial charge in [0.25, 0.3) is 0 Å². The van der Waals surface area contributed by atoms with Crippen LogP contribution in [0.4, 0.5) is 0 Å².